The van der Waals surface area contributed by atoms with Crippen molar-refractivity contribution < 1.29 is 30.1 Å². The molecule has 0 aliphatic carbocycles. The van der Waals surface area contributed by atoms with Gasteiger partial charge < -0.3 is 14.9 Å². The van der Waals surface area contributed by atoms with E-state index in [9.17, 15) is 25.9 Å². The number of carbonyl (C=O) groups is 1. The minimum atomic E-state index is -5.15. The predicted octanol–water partition coefficient (Wildman–Crippen LogP) is 5.24. The van der Waals surface area contributed by atoms with Crippen LogP contribution in [0.15, 0.2) is 54.9 Å². The Morgan fingerprint density at radius 1 is 1.14 bits per heavy atom. The lowest BCUT2D eigenvalue weighted by Crippen LogP contribution is -2.09. The number of thiol groups is 1. The SMILES string of the molecule is CCCS.Nc1ccc(F)c(C(=O)c2c[nH]c3ncc(-c4ccc(OS(=O)(=O)F)cc4)cc23)c1F. The van der Waals surface area contributed by atoms with Gasteiger partial charge in [0.05, 0.1) is 11.3 Å². The zero-order valence-electron chi connectivity index (χ0n) is 18.3. The number of aromatic nitrogens is 2. The van der Waals surface area contributed by atoms with Gasteiger partial charge in [0, 0.05) is 28.9 Å². The van der Waals surface area contributed by atoms with Gasteiger partial charge in [0.2, 0.25) is 5.78 Å². The number of carbonyl (C=O) groups excluding carboxylic acids is 1. The first-order valence-corrected chi connectivity index (χ1v) is 12.1. The predicted molar refractivity (Wildman–Crippen MR) is 131 cm³/mol. The molecule has 7 nitrogen and oxygen atoms in total. The quantitative estimate of drug-likeness (QED) is 0.138. The minimum absolute atomic E-state index is 0.0174. The first-order chi connectivity index (χ1) is 16.6. The third-order valence-electron chi connectivity index (χ3n) is 4.73. The number of hydrogen-bond acceptors (Lipinski definition) is 7. The van der Waals surface area contributed by atoms with Gasteiger partial charge in [-0.15, -0.1) is 0 Å². The van der Waals surface area contributed by atoms with Gasteiger partial charge in [-0.3, -0.25) is 4.79 Å². The summed E-state index contributed by atoms with van der Waals surface area (Å²) in [6.45, 7) is 2.10. The molecule has 0 aliphatic rings. The lowest BCUT2D eigenvalue weighted by molar-refractivity contribution is 0.103. The number of aromatic amines is 1. The number of fused-ring (bicyclic) bond motifs is 1. The maximum atomic E-state index is 14.3. The number of ketones is 1. The number of halogens is 3. The molecular weight excluding hydrogens is 503 g/mol. The number of H-pyrrole nitrogens is 1. The van der Waals surface area contributed by atoms with Gasteiger partial charge in [0.1, 0.15) is 17.2 Å². The number of hydrogen-bond donors (Lipinski definition) is 3. The van der Waals surface area contributed by atoms with Gasteiger partial charge in [-0.05, 0) is 48.1 Å². The Hall–Kier alpha value is -3.51. The molecule has 0 atom stereocenters. The average Bonchev–Trinajstić information content (AvgIpc) is 3.24. The van der Waals surface area contributed by atoms with Crippen LogP contribution in [0.4, 0.5) is 18.4 Å². The van der Waals surface area contributed by atoms with E-state index in [0.717, 1.165) is 17.9 Å². The van der Waals surface area contributed by atoms with Crippen LogP contribution in [0.1, 0.15) is 29.3 Å². The Balaban J connectivity index is 0.000000795. The first-order valence-electron chi connectivity index (χ1n) is 10.2. The zero-order chi connectivity index (χ0) is 25.8. The minimum Gasteiger partial charge on any atom is -0.396 e. The van der Waals surface area contributed by atoms with Crippen LogP contribution in [0.25, 0.3) is 22.2 Å². The molecule has 2 aromatic carbocycles. The molecule has 2 aromatic heterocycles. The van der Waals surface area contributed by atoms with Crippen LogP contribution in [-0.2, 0) is 10.5 Å². The maximum Gasteiger partial charge on any atom is 0.488 e. The molecule has 2 heterocycles. The zero-order valence-corrected chi connectivity index (χ0v) is 20.0. The molecule has 3 N–H and O–H groups in total. The van der Waals surface area contributed by atoms with Crippen molar-refractivity contribution in [3.05, 3.63) is 77.6 Å². The Morgan fingerprint density at radius 3 is 2.40 bits per heavy atom. The van der Waals surface area contributed by atoms with Crippen molar-refractivity contribution in [2.45, 2.75) is 13.3 Å². The van der Waals surface area contributed by atoms with Crippen LogP contribution in [-0.4, -0.2) is 29.9 Å². The van der Waals surface area contributed by atoms with Crippen molar-refractivity contribution in [1.29, 1.82) is 0 Å². The molecule has 0 spiro atoms. The molecule has 0 aliphatic heterocycles. The molecule has 4 aromatic rings. The molecule has 0 bridgehead atoms. The molecule has 4 rings (SSSR count). The summed E-state index contributed by atoms with van der Waals surface area (Å²) < 4.78 is 66.4. The summed E-state index contributed by atoms with van der Waals surface area (Å²) >= 11 is 3.92. The second-order valence-corrected chi connectivity index (χ2v) is 8.60. The molecule has 0 amide bonds. The van der Waals surface area contributed by atoms with Crippen molar-refractivity contribution in [2.24, 2.45) is 0 Å². The van der Waals surface area contributed by atoms with Crippen molar-refractivity contribution >= 4 is 45.6 Å². The van der Waals surface area contributed by atoms with Crippen LogP contribution in [0, 0.1) is 11.6 Å². The Kier molecular flexibility index (Phi) is 8.07. The summed E-state index contributed by atoms with van der Waals surface area (Å²) in [4.78, 5) is 19.8. The van der Waals surface area contributed by atoms with Crippen molar-refractivity contribution in [1.82, 2.24) is 9.97 Å². The highest BCUT2D eigenvalue weighted by atomic mass is 32.3. The average molecular weight is 524 g/mol. The second kappa shape index (κ2) is 10.8. The van der Waals surface area contributed by atoms with Gasteiger partial charge in [-0.2, -0.15) is 21.0 Å². The summed E-state index contributed by atoms with van der Waals surface area (Å²) in [5, 5.41) is 0.301. The van der Waals surface area contributed by atoms with Gasteiger partial charge in [-0.1, -0.05) is 22.9 Å². The number of nitrogens with zero attached hydrogens (tertiary/aromatic N) is 1. The molecule has 0 radical (unpaired) electrons. The van der Waals surface area contributed by atoms with E-state index in [1.807, 2.05) is 0 Å². The Bertz CT molecular complexity index is 1470. The number of pyridine rings is 1. The maximum absolute atomic E-state index is 14.3. The van der Waals surface area contributed by atoms with Gasteiger partial charge in [0.25, 0.3) is 0 Å². The number of anilines is 1. The molecule has 0 saturated carbocycles. The highest BCUT2D eigenvalue weighted by Crippen LogP contribution is 2.29. The van der Waals surface area contributed by atoms with E-state index in [2.05, 4.69) is 33.7 Å². The lowest BCUT2D eigenvalue weighted by Gasteiger charge is -2.07. The lowest BCUT2D eigenvalue weighted by atomic mass is 10.00. The third-order valence-corrected chi connectivity index (χ3v) is 5.57. The highest BCUT2D eigenvalue weighted by Gasteiger charge is 2.24. The van der Waals surface area contributed by atoms with Crippen LogP contribution in [0.5, 0.6) is 5.75 Å². The number of nitrogens with one attached hydrogen (secondary N) is 1. The van der Waals surface area contributed by atoms with Crippen LogP contribution >= 0.6 is 12.6 Å². The van der Waals surface area contributed by atoms with E-state index in [1.54, 1.807) is 6.07 Å². The second-order valence-electron chi connectivity index (χ2n) is 7.20. The largest absolute Gasteiger partial charge is 0.488 e. The van der Waals surface area contributed by atoms with E-state index >= 15 is 0 Å². The van der Waals surface area contributed by atoms with Crippen LogP contribution in [0.3, 0.4) is 0 Å². The third kappa shape index (κ3) is 6.14. The summed E-state index contributed by atoms with van der Waals surface area (Å²) in [6.07, 6.45) is 3.94. The van der Waals surface area contributed by atoms with Gasteiger partial charge in [0.15, 0.2) is 5.82 Å². The molecule has 12 heteroatoms. The Morgan fingerprint density at radius 2 is 1.80 bits per heavy atom. The fourth-order valence-electron chi connectivity index (χ4n) is 3.08. The topological polar surface area (TPSA) is 115 Å². The molecule has 184 valence electrons. The van der Waals surface area contributed by atoms with E-state index in [0.29, 0.717) is 22.2 Å². The van der Waals surface area contributed by atoms with E-state index in [-0.39, 0.29) is 17.0 Å². The summed E-state index contributed by atoms with van der Waals surface area (Å²) in [5.41, 5.74) is 5.65. The van der Waals surface area contributed by atoms with Crippen LogP contribution in [0.2, 0.25) is 0 Å². The summed E-state index contributed by atoms with van der Waals surface area (Å²) in [7, 11) is -5.15. The van der Waals surface area contributed by atoms with E-state index < -0.39 is 33.5 Å². The molecule has 0 fully saturated rings. The number of nitrogens with two attached hydrogens (primary N) is 1. The molecule has 35 heavy (non-hydrogen) atoms. The number of rotatable bonds is 6. The van der Waals surface area contributed by atoms with Crippen LogP contribution < -0.4 is 9.92 Å². The normalized spacial score (nSPS) is 11.1. The first kappa shape index (κ1) is 26.1. The highest BCUT2D eigenvalue weighted by molar-refractivity contribution is 7.81. The summed E-state index contributed by atoms with van der Waals surface area (Å²) in [6, 6.07) is 8.87. The summed E-state index contributed by atoms with van der Waals surface area (Å²) in [5.74, 6) is -2.33. The molecule has 0 unspecified atom stereocenters. The Labute approximate surface area is 205 Å². The van der Waals surface area contributed by atoms with E-state index in [1.165, 1.54) is 43.1 Å². The van der Waals surface area contributed by atoms with Gasteiger partial charge in [-0.25, -0.2) is 13.8 Å². The van der Waals surface area contributed by atoms with Crippen molar-refractivity contribution in [2.75, 3.05) is 11.5 Å². The van der Waals surface area contributed by atoms with E-state index in [4.69, 9.17) is 5.73 Å². The smallest absolute Gasteiger partial charge is 0.396 e. The molecule has 0 saturated heterocycles. The number of nitrogen functional groups attached to an aromatic ring is 1. The van der Waals surface area contributed by atoms with Gasteiger partial charge >= 0.3 is 10.5 Å². The van der Waals surface area contributed by atoms with Crippen molar-refractivity contribution in [3.8, 4) is 16.9 Å². The van der Waals surface area contributed by atoms with Crippen molar-refractivity contribution in [3.63, 3.8) is 0 Å². The monoisotopic (exact) mass is 523 g/mol. The molecular formula is C23H20F3N3O4S2. The fraction of sp³-hybridized carbons (Fsp3) is 0.130. The fourth-order valence-corrected chi connectivity index (χ4v) is 3.42. The standard InChI is InChI=1S/C20H12F3N3O4S.C3H8S/c21-15-5-6-16(24)18(22)17(15)19(27)14-9-26-20-13(14)7-11(8-25-20)10-1-3-12(4-2-10)30-31(23,28)29;1-2-3-4/h1-9H,24H2,(H,25,26);4H,2-3H2,1H3. The number of benzene rings is 2.